The number of carbonyl (C=O) groups excluding carboxylic acids is 1. The highest BCUT2D eigenvalue weighted by molar-refractivity contribution is 7.18. The SMILES string of the molecule is CCC/C(=N\NC(=O)c1csc2ccccc12)c1ccc(Cl)s1. The number of halogens is 1. The second kappa shape index (κ2) is 7.25. The lowest BCUT2D eigenvalue weighted by molar-refractivity contribution is 0.0957. The molecule has 3 rings (SSSR count). The van der Waals surface area contributed by atoms with E-state index in [0.717, 1.165) is 37.9 Å². The van der Waals surface area contributed by atoms with Crippen LogP contribution in [0.25, 0.3) is 10.1 Å². The van der Waals surface area contributed by atoms with Crippen LogP contribution in [0.1, 0.15) is 35.0 Å². The van der Waals surface area contributed by atoms with Gasteiger partial charge in [-0.3, -0.25) is 4.79 Å². The monoisotopic (exact) mass is 362 g/mol. The minimum absolute atomic E-state index is 0.182. The molecule has 1 amide bonds. The van der Waals surface area contributed by atoms with Crippen LogP contribution in [0.2, 0.25) is 4.34 Å². The van der Waals surface area contributed by atoms with Crippen LogP contribution in [0, 0.1) is 0 Å². The fourth-order valence-corrected chi connectivity index (χ4v) is 4.27. The van der Waals surface area contributed by atoms with Crippen molar-refractivity contribution in [3.8, 4) is 0 Å². The summed E-state index contributed by atoms with van der Waals surface area (Å²) in [7, 11) is 0. The second-order valence-electron chi connectivity index (χ2n) is 5.00. The highest BCUT2D eigenvalue weighted by atomic mass is 35.5. The van der Waals surface area contributed by atoms with E-state index in [1.54, 1.807) is 11.3 Å². The molecule has 3 aromatic rings. The molecule has 0 radical (unpaired) electrons. The predicted octanol–water partition coefficient (Wildman–Crippen LogP) is 5.55. The zero-order valence-electron chi connectivity index (χ0n) is 12.5. The molecule has 0 aliphatic heterocycles. The lowest BCUT2D eigenvalue weighted by atomic mass is 10.2. The zero-order valence-corrected chi connectivity index (χ0v) is 14.9. The number of hydrazone groups is 1. The molecule has 2 aromatic heterocycles. The van der Waals surface area contributed by atoms with Crippen LogP contribution in [0.15, 0.2) is 46.9 Å². The van der Waals surface area contributed by atoms with Crippen molar-refractivity contribution < 1.29 is 4.79 Å². The lowest BCUT2D eigenvalue weighted by Crippen LogP contribution is -2.19. The Morgan fingerprint density at radius 3 is 2.83 bits per heavy atom. The summed E-state index contributed by atoms with van der Waals surface area (Å²) >= 11 is 9.03. The molecule has 0 atom stereocenters. The first-order valence-electron chi connectivity index (χ1n) is 7.28. The fourth-order valence-electron chi connectivity index (χ4n) is 2.27. The Morgan fingerprint density at radius 2 is 2.09 bits per heavy atom. The Balaban J connectivity index is 1.83. The molecule has 0 unspecified atom stereocenters. The van der Waals surface area contributed by atoms with E-state index in [1.807, 2.05) is 41.8 Å². The Kier molecular flexibility index (Phi) is 5.10. The molecular weight excluding hydrogens is 348 g/mol. The van der Waals surface area contributed by atoms with Gasteiger partial charge in [0, 0.05) is 15.5 Å². The van der Waals surface area contributed by atoms with Gasteiger partial charge >= 0.3 is 0 Å². The highest BCUT2D eigenvalue weighted by Crippen LogP contribution is 2.26. The summed E-state index contributed by atoms with van der Waals surface area (Å²) in [6, 6.07) is 11.7. The maximum Gasteiger partial charge on any atom is 0.272 e. The van der Waals surface area contributed by atoms with Gasteiger partial charge in [-0.2, -0.15) is 5.10 Å². The largest absolute Gasteiger partial charge is 0.272 e. The van der Waals surface area contributed by atoms with Crippen LogP contribution in [0.3, 0.4) is 0 Å². The van der Waals surface area contributed by atoms with Crippen molar-refractivity contribution in [2.75, 3.05) is 0 Å². The number of nitrogens with one attached hydrogen (secondary N) is 1. The zero-order chi connectivity index (χ0) is 16.2. The van der Waals surface area contributed by atoms with Gasteiger partial charge in [0.15, 0.2) is 0 Å². The van der Waals surface area contributed by atoms with Crippen LogP contribution in [0.4, 0.5) is 0 Å². The number of carbonyl (C=O) groups is 1. The van der Waals surface area contributed by atoms with Crippen LogP contribution in [-0.4, -0.2) is 11.6 Å². The van der Waals surface area contributed by atoms with E-state index in [9.17, 15) is 4.79 Å². The average Bonchev–Trinajstić information content (AvgIpc) is 3.17. The summed E-state index contributed by atoms with van der Waals surface area (Å²) < 4.78 is 1.82. The molecule has 0 spiro atoms. The van der Waals surface area contributed by atoms with Gasteiger partial charge in [-0.1, -0.05) is 43.1 Å². The first-order chi connectivity index (χ1) is 11.2. The maximum atomic E-state index is 12.4. The van der Waals surface area contributed by atoms with Gasteiger partial charge in [-0.05, 0) is 24.6 Å². The van der Waals surface area contributed by atoms with Crippen LogP contribution < -0.4 is 5.43 Å². The third-order valence-corrected chi connectivity index (χ3v) is 5.61. The van der Waals surface area contributed by atoms with Gasteiger partial charge in [-0.25, -0.2) is 5.43 Å². The Bertz CT molecular complexity index is 866. The van der Waals surface area contributed by atoms with Crippen LogP contribution in [0.5, 0.6) is 0 Å². The topological polar surface area (TPSA) is 41.5 Å². The van der Waals surface area contributed by atoms with Crippen LogP contribution in [-0.2, 0) is 0 Å². The van der Waals surface area contributed by atoms with E-state index in [0.29, 0.717) is 5.56 Å². The molecule has 0 aliphatic carbocycles. The second-order valence-corrected chi connectivity index (χ2v) is 7.63. The maximum absolute atomic E-state index is 12.4. The lowest BCUT2D eigenvalue weighted by Gasteiger charge is -2.04. The molecule has 1 aromatic carbocycles. The molecule has 0 bridgehead atoms. The first-order valence-corrected chi connectivity index (χ1v) is 9.35. The summed E-state index contributed by atoms with van der Waals surface area (Å²) in [4.78, 5) is 13.4. The molecule has 0 saturated heterocycles. The molecule has 23 heavy (non-hydrogen) atoms. The first kappa shape index (κ1) is 16.2. The minimum atomic E-state index is -0.182. The van der Waals surface area contributed by atoms with Gasteiger partial charge in [0.05, 0.1) is 20.5 Å². The fraction of sp³-hybridized carbons (Fsp3) is 0.176. The molecule has 0 fully saturated rings. The third-order valence-electron chi connectivity index (χ3n) is 3.36. The number of benzene rings is 1. The third kappa shape index (κ3) is 3.63. The van der Waals surface area contributed by atoms with Gasteiger partial charge in [0.25, 0.3) is 5.91 Å². The summed E-state index contributed by atoms with van der Waals surface area (Å²) in [5.41, 5.74) is 4.21. The van der Waals surface area contributed by atoms with E-state index in [4.69, 9.17) is 11.6 Å². The van der Waals surface area contributed by atoms with Crippen molar-refractivity contribution in [3.63, 3.8) is 0 Å². The summed E-state index contributed by atoms with van der Waals surface area (Å²) in [5, 5.41) is 7.16. The van der Waals surface area contributed by atoms with Gasteiger partial charge in [-0.15, -0.1) is 22.7 Å². The number of hydrogen-bond acceptors (Lipinski definition) is 4. The number of fused-ring (bicyclic) bond motifs is 1. The average molecular weight is 363 g/mol. The number of rotatable bonds is 5. The molecule has 0 saturated carbocycles. The van der Waals surface area contributed by atoms with E-state index in [2.05, 4.69) is 17.5 Å². The molecule has 0 aliphatic rings. The van der Waals surface area contributed by atoms with E-state index < -0.39 is 0 Å². The van der Waals surface area contributed by atoms with E-state index >= 15 is 0 Å². The van der Waals surface area contributed by atoms with Crippen molar-refractivity contribution in [1.82, 2.24) is 5.43 Å². The van der Waals surface area contributed by atoms with Gasteiger partial charge in [0.2, 0.25) is 0 Å². The number of nitrogens with zero attached hydrogens (tertiary/aromatic N) is 1. The molecule has 3 nitrogen and oxygen atoms in total. The van der Waals surface area contributed by atoms with Gasteiger partial charge in [0.1, 0.15) is 0 Å². The highest BCUT2D eigenvalue weighted by Gasteiger charge is 2.12. The Morgan fingerprint density at radius 1 is 1.26 bits per heavy atom. The summed E-state index contributed by atoms with van der Waals surface area (Å²) in [6.07, 6.45) is 1.74. The molecule has 1 N–H and O–H groups in total. The van der Waals surface area contributed by atoms with Crippen molar-refractivity contribution in [1.29, 1.82) is 0 Å². The normalized spacial score (nSPS) is 11.8. The summed E-state index contributed by atoms with van der Waals surface area (Å²) in [5.74, 6) is -0.182. The molecule has 118 valence electrons. The van der Waals surface area contributed by atoms with Gasteiger partial charge < -0.3 is 0 Å². The molecule has 6 heteroatoms. The summed E-state index contributed by atoms with van der Waals surface area (Å²) in [6.45, 7) is 2.08. The number of hydrogen-bond donors (Lipinski definition) is 1. The van der Waals surface area contributed by atoms with Crippen molar-refractivity contribution >= 4 is 56.0 Å². The van der Waals surface area contributed by atoms with E-state index in [-0.39, 0.29) is 5.91 Å². The predicted molar refractivity (Wildman–Crippen MR) is 100 cm³/mol. The number of thiophene rings is 2. The number of amides is 1. The van der Waals surface area contributed by atoms with Crippen molar-refractivity contribution in [2.45, 2.75) is 19.8 Å². The molecular formula is C17H15ClN2OS2. The standard InChI is InChI=1S/C17H15ClN2OS2/c1-2-5-13(15-8-9-16(18)23-15)19-20-17(21)12-10-22-14-7-4-3-6-11(12)14/h3-4,6-10H,2,5H2,1H3,(H,20,21)/b19-13+. The minimum Gasteiger partial charge on any atom is -0.267 e. The van der Waals surface area contributed by atoms with Crippen molar-refractivity contribution in [3.05, 3.63) is 56.6 Å². The smallest absolute Gasteiger partial charge is 0.267 e. The Hall–Kier alpha value is -1.69. The Labute approximate surface area is 147 Å². The van der Waals surface area contributed by atoms with E-state index in [1.165, 1.54) is 11.3 Å². The molecule has 2 heterocycles. The quantitative estimate of drug-likeness (QED) is 0.469. The van der Waals surface area contributed by atoms with Crippen molar-refractivity contribution in [2.24, 2.45) is 5.10 Å². The van der Waals surface area contributed by atoms with Crippen LogP contribution >= 0.6 is 34.3 Å².